The van der Waals surface area contributed by atoms with E-state index in [0.717, 1.165) is 0 Å². The fourth-order valence-corrected chi connectivity index (χ4v) is 2.10. The molecule has 0 N–H and O–H groups in total. The van der Waals surface area contributed by atoms with Crippen LogP contribution in [0.25, 0.3) is 0 Å². The average molecular weight is 278 g/mol. The molecule has 0 saturated carbocycles. The van der Waals surface area contributed by atoms with Crippen LogP contribution in [0.5, 0.6) is 0 Å². The summed E-state index contributed by atoms with van der Waals surface area (Å²) >= 11 is 11.4. The number of ether oxygens (including phenoxy) is 1. The van der Waals surface area contributed by atoms with Crippen molar-refractivity contribution in [2.45, 2.75) is 19.1 Å². The highest BCUT2D eigenvalue weighted by Crippen LogP contribution is 2.19. The molecule has 1 aliphatic rings. The smallest absolute Gasteiger partial charge is 0.290 e. The van der Waals surface area contributed by atoms with Crippen LogP contribution < -0.4 is 0 Å². The van der Waals surface area contributed by atoms with E-state index in [1.54, 1.807) is 17.0 Å². The van der Waals surface area contributed by atoms with E-state index in [1.165, 1.54) is 0 Å². The first-order valence-corrected chi connectivity index (χ1v) is 6.27. The van der Waals surface area contributed by atoms with Crippen LogP contribution in [0.1, 0.15) is 17.5 Å². The van der Waals surface area contributed by atoms with Gasteiger partial charge in [0.15, 0.2) is 11.0 Å². The molecule has 2 rings (SSSR count). The number of amides is 1. The minimum Gasteiger partial charge on any atom is -0.440 e. The standard InChI is InChI=1S/C11H13Cl2NO3/c1-7-6-16-8(4-12)5-14(7)11(15)9-2-3-10(13)17-9/h2-3,7-8H,4-6H2,1H3. The molecule has 1 aromatic heterocycles. The lowest BCUT2D eigenvalue weighted by atomic mass is 10.2. The summed E-state index contributed by atoms with van der Waals surface area (Å²) in [6.45, 7) is 2.88. The van der Waals surface area contributed by atoms with Crippen molar-refractivity contribution in [3.8, 4) is 0 Å². The molecular formula is C11H13Cl2NO3. The van der Waals surface area contributed by atoms with Gasteiger partial charge in [-0.05, 0) is 30.7 Å². The lowest BCUT2D eigenvalue weighted by Gasteiger charge is -2.36. The molecule has 1 saturated heterocycles. The number of furan rings is 1. The molecule has 2 atom stereocenters. The van der Waals surface area contributed by atoms with E-state index in [-0.39, 0.29) is 29.0 Å². The first-order chi connectivity index (χ1) is 8.11. The summed E-state index contributed by atoms with van der Waals surface area (Å²) in [5.41, 5.74) is 0. The summed E-state index contributed by atoms with van der Waals surface area (Å²) in [5.74, 6) is 0.440. The quantitative estimate of drug-likeness (QED) is 0.780. The Labute approximate surface area is 109 Å². The molecule has 1 aliphatic heterocycles. The predicted octanol–water partition coefficient (Wildman–Crippen LogP) is 2.40. The second-order valence-corrected chi connectivity index (χ2v) is 4.70. The highest BCUT2D eigenvalue weighted by Gasteiger charge is 2.31. The van der Waals surface area contributed by atoms with Crippen LogP contribution in [-0.2, 0) is 4.74 Å². The van der Waals surface area contributed by atoms with Crippen molar-refractivity contribution >= 4 is 29.1 Å². The van der Waals surface area contributed by atoms with Gasteiger partial charge in [-0.25, -0.2) is 0 Å². The van der Waals surface area contributed by atoms with E-state index in [1.807, 2.05) is 6.92 Å². The van der Waals surface area contributed by atoms with Crippen LogP contribution in [0, 0.1) is 0 Å². The van der Waals surface area contributed by atoms with Crippen LogP contribution in [0.4, 0.5) is 0 Å². The van der Waals surface area contributed by atoms with Crippen molar-refractivity contribution in [2.75, 3.05) is 19.0 Å². The number of rotatable bonds is 2. The van der Waals surface area contributed by atoms with Gasteiger partial charge in [0.05, 0.1) is 24.6 Å². The number of nitrogens with zero attached hydrogens (tertiary/aromatic N) is 1. The van der Waals surface area contributed by atoms with Crippen molar-refractivity contribution in [1.29, 1.82) is 0 Å². The minimum atomic E-state index is -0.178. The van der Waals surface area contributed by atoms with Gasteiger partial charge in [0, 0.05) is 6.54 Å². The van der Waals surface area contributed by atoms with Gasteiger partial charge in [-0.3, -0.25) is 4.79 Å². The monoisotopic (exact) mass is 277 g/mol. The molecule has 0 aliphatic carbocycles. The van der Waals surface area contributed by atoms with Gasteiger partial charge in [0.2, 0.25) is 0 Å². The average Bonchev–Trinajstić information content (AvgIpc) is 2.76. The first kappa shape index (κ1) is 12.7. The van der Waals surface area contributed by atoms with Crippen LogP contribution in [-0.4, -0.2) is 42.0 Å². The van der Waals surface area contributed by atoms with Crippen molar-refractivity contribution < 1.29 is 13.9 Å². The molecule has 0 radical (unpaired) electrons. The van der Waals surface area contributed by atoms with E-state index in [4.69, 9.17) is 32.4 Å². The largest absolute Gasteiger partial charge is 0.440 e. The minimum absolute atomic E-state index is 0.00541. The maximum absolute atomic E-state index is 12.2. The van der Waals surface area contributed by atoms with Crippen LogP contribution in [0.3, 0.4) is 0 Å². The van der Waals surface area contributed by atoms with Gasteiger partial charge < -0.3 is 14.1 Å². The van der Waals surface area contributed by atoms with Gasteiger partial charge in [0.25, 0.3) is 5.91 Å². The zero-order valence-electron chi connectivity index (χ0n) is 9.36. The molecule has 17 heavy (non-hydrogen) atoms. The summed E-state index contributed by atoms with van der Waals surface area (Å²) in [5, 5.41) is 0.211. The SMILES string of the molecule is CC1COC(CCl)CN1C(=O)c1ccc(Cl)o1. The Bertz CT molecular complexity index is 407. The molecule has 94 valence electrons. The summed E-state index contributed by atoms with van der Waals surface area (Å²) in [4.78, 5) is 13.9. The lowest BCUT2D eigenvalue weighted by Crippen LogP contribution is -2.51. The molecular weight excluding hydrogens is 265 g/mol. The Morgan fingerprint density at radius 1 is 1.59 bits per heavy atom. The number of hydrogen-bond donors (Lipinski definition) is 0. The summed E-state index contributed by atoms with van der Waals surface area (Å²) < 4.78 is 10.6. The highest BCUT2D eigenvalue weighted by molar-refractivity contribution is 6.29. The number of carbonyl (C=O) groups excluding carboxylic acids is 1. The lowest BCUT2D eigenvalue weighted by molar-refractivity contribution is -0.0381. The van der Waals surface area contributed by atoms with Gasteiger partial charge >= 0.3 is 0 Å². The third-order valence-corrected chi connectivity index (χ3v) is 3.27. The summed E-state index contributed by atoms with van der Waals surface area (Å²) in [6.07, 6.45) is -0.123. The van der Waals surface area contributed by atoms with Crippen LogP contribution in [0.15, 0.2) is 16.5 Å². The maximum atomic E-state index is 12.2. The second kappa shape index (κ2) is 5.29. The number of carbonyl (C=O) groups is 1. The molecule has 0 aromatic carbocycles. The number of halogens is 2. The van der Waals surface area contributed by atoms with Crippen molar-refractivity contribution in [1.82, 2.24) is 4.90 Å². The van der Waals surface area contributed by atoms with E-state index in [0.29, 0.717) is 19.0 Å². The summed E-state index contributed by atoms with van der Waals surface area (Å²) in [6, 6.07) is 3.13. The Kier molecular flexibility index (Phi) is 3.97. The Balaban J connectivity index is 2.12. The van der Waals surface area contributed by atoms with Crippen molar-refractivity contribution in [3.05, 3.63) is 23.1 Å². The van der Waals surface area contributed by atoms with E-state index >= 15 is 0 Å². The zero-order valence-corrected chi connectivity index (χ0v) is 10.9. The first-order valence-electron chi connectivity index (χ1n) is 5.35. The van der Waals surface area contributed by atoms with Gasteiger partial charge in [-0.2, -0.15) is 0 Å². The normalized spacial score (nSPS) is 25.0. The second-order valence-electron chi connectivity index (χ2n) is 4.02. The fraction of sp³-hybridized carbons (Fsp3) is 0.545. The molecule has 1 aromatic rings. The fourth-order valence-electron chi connectivity index (χ4n) is 1.76. The zero-order chi connectivity index (χ0) is 12.4. The van der Waals surface area contributed by atoms with Gasteiger partial charge in [0.1, 0.15) is 0 Å². The molecule has 1 fully saturated rings. The topological polar surface area (TPSA) is 42.7 Å². The Hall–Kier alpha value is -0.710. The van der Waals surface area contributed by atoms with Gasteiger partial charge in [-0.1, -0.05) is 0 Å². The molecule has 1 amide bonds. The Morgan fingerprint density at radius 2 is 2.35 bits per heavy atom. The molecule has 4 nitrogen and oxygen atoms in total. The number of hydrogen-bond acceptors (Lipinski definition) is 3. The molecule has 6 heteroatoms. The number of morpholine rings is 1. The van der Waals surface area contributed by atoms with Crippen LogP contribution >= 0.6 is 23.2 Å². The third-order valence-electron chi connectivity index (χ3n) is 2.72. The van der Waals surface area contributed by atoms with E-state index < -0.39 is 0 Å². The molecule has 2 unspecified atom stereocenters. The maximum Gasteiger partial charge on any atom is 0.290 e. The van der Waals surface area contributed by atoms with Crippen LogP contribution in [0.2, 0.25) is 5.22 Å². The summed E-state index contributed by atoms with van der Waals surface area (Å²) in [7, 11) is 0. The Morgan fingerprint density at radius 3 is 2.94 bits per heavy atom. The molecule has 2 heterocycles. The highest BCUT2D eigenvalue weighted by atomic mass is 35.5. The number of alkyl halides is 1. The third kappa shape index (κ3) is 2.76. The van der Waals surface area contributed by atoms with Crippen molar-refractivity contribution in [2.24, 2.45) is 0 Å². The van der Waals surface area contributed by atoms with E-state index in [2.05, 4.69) is 0 Å². The molecule has 0 bridgehead atoms. The predicted molar refractivity (Wildman–Crippen MR) is 64.7 cm³/mol. The van der Waals surface area contributed by atoms with E-state index in [9.17, 15) is 4.79 Å². The molecule has 0 spiro atoms. The van der Waals surface area contributed by atoms with Crippen molar-refractivity contribution in [3.63, 3.8) is 0 Å². The van der Waals surface area contributed by atoms with Gasteiger partial charge in [-0.15, -0.1) is 11.6 Å².